The molecule has 0 saturated carbocycles. The Hall–Kier alpha value is -1.10. The molecule has 1 aromatic rings. The Balaban J connectivity index is 1.62. The molecule has 0 aromatic heterocycles. The fourth-order valence-corrected chi connectivity index (χ4v) is 3.74. The van der Waals surface area contributed by atoms with Crippen LogP contribution in [0.2, 0.25) is 5.02 Å². The number of benzene rings is 1. The lowest BCUT2D eigenvalue weighted by Crippen LogP contribution is -2.48. The van der Waals surface area contributed by atoms with E-state index in [9.17, 15) is 4.79 Å². The molecule has 23 heavy (non-hydrogen) atoms. The van der Waals surface area contributed by atoms with Gasteiger partial charge < -0.3 is 15.0 Å². The number of carbonyl (C=O) groups excluding carboxylic acids is 1. The fraction of sp³-hybridized carbons (Fsp3) is 0.611. The molecule has 1 amide bonds. The quantitative estimate of drug-likeness (QED) is 0.918. The zero-order chi connectivity index (χ0) is 16.2. The van der Waals surface area contributed by atoms with Crippen LogP contribution >= 0.6 is 11.6 Å². The van der Waals surface area contributed by atoms with Gasteiger partial charge in [0, 0.05) is 31.1 Å². The van der Waals surface area contributed by atoms with Crippen molar-refractivity contribution < 1.29 is 9.53 Å². The normalized spacial score (nSPS) is 28.1. The van der Waals surface area contributed by atoms with E-state index in [1.54, 1.807) is 0 Å². The fourth-order valence-electron chi connectivity index (χ4n) is 3.54. The van der Waals surface area contributed by atoms with Crippen LogP contribution in [0.4, 0.5) is 0 Å². The van der Waals surface area contributed by atoms with Crippen molar-refractivity contribution in [1.82, 2.24) is 10.2 Å². The lowest BCUT2D eigenvalue weighted by molar-refractivity contribution is -0.135. The van der Waals surface area contributed by atoms with E-state index in [-0.39, 0.29) is 18.1 Å². The standard InChI is InChI=1S/C18H25ClN2O2/c1-13-5-6-16(23-13)7-8-18(22)21-10-9-20-12-17(21)14-3-2-4-15(19)11-14/h2-4,11,13,16-17,20H,5-10,12H2,1H3. The van der Waals surface area contributed by atoms with Crippen LogP contribution in [0.5, 0.6) is 0 Å². The number of hydrogen-bond donors (Lipinski definition) is 1. The Morgan fingerprint density at radius 1 is 1.43 bits per heavy atom. The molecule has 2 aliphatic heterocycles. The zero-order valence-corrected chi connectivity index (χ0v) is 14.4. The summed E-state index contributed by atoms with van der Waals surface area (Å²) in [6.07, 6.45) is 4.17. The average molecular weight is 337 g/mol. The summed E-state index contributed by atoms with van der Waals surface area (Å²) in [5.41, 5.74) is 1.10. The highest BCUT2D eigenvalue weighted by molar-refractivity contribution is 6.30. The molecule has 2 aliphatic rings. The van der Waals surface area contributed by atoms with Gasteiger partial charge in [0.2, 0.25) is 5.91 Å². The van der Waals surface area contributed by atoms with Gasteiger partial charge in [0.1, 0.15) is 0 Å². The molecule has 0 radical (unpaired) electrons. The first kappa shape index (κ1) is 16.7. The number of hydrogen-bond acceptors (Lipinski definition) is 3. The van der Waals surface area contributed by atoms with Crippen molar-refractivity contribution >= 4 is 17.5 Å². The smallest absolute Gasteiger partial charge is 0.223 e. The number of nitrogens with one attached hydrogen (secondary N) is 1. The van der Waals surface area contributed by atoms with E-state index >= 15 is 0 Å². The third-order valence-electron chi connectivity index (χ3n) is 4.80. The topological polar surface area (TPSA) is 41.6 Å². The van der Waals surface area contributed by atoms with Crippen LogP contribution in [0.3, 0.4) is 0 Å². The van der Waals surface area contributed by atoms with Gasteiger partial charge in [0.25, 0.3) is 0 Å². The lowest BCUT2D eigenvalue weighted by atomic mass is 10.0. The second kappa shape index (κ2) is 7.65. The lowest BCUT2D eigenvalue weighted by Gasteiger charge is -2.37. The Labute approximate surface area is 143 Å². The number of carbonyl (C=O) groups is 1. The van der Waals surface area contributed by atoms with Gasteiger partial charge in [-0.05, 0) is 43.9 Å². The van der Waals surface area contributed by atoms with Crippen LogP contribution in [0.15, 0.2) is 24.3 Å². The summed E-state index contributed by atoms with van der Waals surface area (Å²) in [4.78, 5) is 14.7. The molecule has 2 saturated heterocycles. The summed E-state index contributed by atoms with van der Waals surface area (Å²) < 4.78 is 5.83. The maximum atomic E-state index is 12.7. The number of halogens is 1. The Morgan fingerprint density at radius 2 is 2.30 bits per heavy atom. The molecular formula is C18H25ClN2O2. The molecule has 2 heterocycles. The molecule has 126 valence electrons. The van der Waals surface area contributed by atoms with Crippen LogP contribution in [-0.2, 0) is 9.53 Å². The number of rotatable bonds is 4. The maximum Gasteiger partial charge on any atom is 0.223 e. The molecule has 1 N–H and O–H groups in total. The molecule has 1 aromatic carbocycles. The molecule has 3 unspecified atom stereocenters. The van der Waals surface area contributed by atoms with Gasteiger partial charge in [-0.2, -0.15) is 0 Å². The Bertz CT molecular complexity index is 552. The van der Waals surface area contributed by atoms with Gasteiger partial charge in [-0.1, -0.05) is 23.7 Å². The van der Waals surface area contributed by atoms with E-state index in [2.05, 4.69) is 12.2 Å². The van der Waals surface area contributed by atoms with E-state index in [0.29, 0.717) is 17.5 Å². The van der Waals surface area contributed by atoms with E-state index < -0.39 is 0 Å². The van der Waals surface area contributed by atoms with E-state index in [4.69, 9.17) is 16.3 Å². The zero-order valence-electron chi connectivity index (χ0n) is 13.6. The first-order valence-electron chi connectivity index (χ1n) is 8.54. The predicted molar refractivity (Wildman–Crippen MR) is 91.6 cm³/mol. The molecule has 0 spiro atoms. The van der Waals surface area contributed by atoms with Crippen molar-refractivity contribution in [1.29, 1.82) is 0 Å². The number of nitrogens with zero attached hydrogens (tertiary/aromatic N) is 1. The van der Waals surface area contributed by atoms with Gasteiger partial charge >= 0.3 is 0 Å². The highest BCUT2D eigenvalue weighted by atomic mass is 35.5. The van der Waals surface area contributed by atoms with Gasteiger partial charge in [0.05, 0.1) is 18.2 Å². The first-order valence-corrected chi connectivity index (χ1v) is 8.92. The van der Waals surface area contributed by atoms with Crippen molar-refractivity contribution in [2.24, 2.45) is 0 Å². The van der Waals surface area contributed by atoms with E-state index in [1.165, 1.54) is 0 Å². The largest absolute Gasteiger partial charge is 0.375 e. The summed E-state index contributed by atoms with van der Waals surface area (Å²) in [5, 5.41) is 4.10. The number of piperazine rings is 1. The molecule has 3 atom stereocenters. The predicted octanol–water partition coefficient (Wildman–Crippen LogP) is 3.16. The third kappa shape index (κ3) is 4.25. The van der Waals surface area contributed by atoms with E-state index in [0.717, 1.165) is 44.5 Å². The van der Waals surface area contributed by atoms with Crippen LogP contribution in [0.1, 0.15) is 44.2 Å². The maximum absolute atomic E-state index is 12.7. The van der Waals surface area contributed by atoms with Gasteiger partial charge in [-0.15, -0.1) is 0 Å². The molecule has 0 aliphatic carbocycles. The summed E-state index contributed by atoms with van der Waals surface area (Å²) in [5.74, 6) is 0.222. The van der Waals surface area contributed by atoms with Gasteiger partial charge in [-0.25, -0.2) is 0 Å². The van der Waals surface area contributed by atoms with Gasteiger partial charge in [0.15, 0.2) is 0 Å². The van der Waals surface area contributed by atoms with Crippen molar-refractivity contribution in [2.45, 2.75) is 50.9 Å². The number of amides is 1. The molecule has 5 heteroatoms. The van der Waals surface area contributed by atoms with Crippen molar-refractivity contribution in [3.63, 3.8) is 0 Å². The van der Waals surface area contributed by atoms with Crippen LogP contribution in [-0.4, -0.2) is 42.6 Å². The Kier molecular flexibility index (Phi) is 5.57. The third-order valence-corrected chi connectivity index (χ3v) is 5.03. The minimum Gasteiger partial charge on any atom is -0.375 e. The molecular weight excluding hydrogens is 312 g/mol. The highest BCUT2D eigenvalue weighted by Gasteiger charge is 2.29. The molecule has 4 nitrogen and oxygen atoms in total. The minimum absolute atomic E-state index is 0.0679. The first-order chi connectivity index (χ1) is 11.1. The van der Waals surface area contributed by atoms with Crippen LogP contribution in [0.25, 0.3) is 0 Å². The second-order valence-electron chi connectivity index (χ2n) is 6.55. The molecule has 0 bridgehead atoms. The molecule has 2 fully saturated rings. The van der Waals surface area contributed by atoms with Gasteiger partial charge in [-0.3, -0.25) is 4.79 Å². The molecule has 3 rings (SSSR count). The van der Waals surface area contributed by atoms with Crippen LogP contribution < -0.4 is 5.32 Å². The second-order valence-corrected chi connectivity index (χ2v) is 6.98. The van der Waals surface area contributed by atoms with Crippen molar-refractivity contribution in [3.8, 4) is 0 Å². The average Bonchev–Trinajstić information content (AvgIpc) is 2.98. The summed E-state index contributed by atoms with van der Waals surface area (Å²) in [7, 11) is 0. The summed E-state index contributed by atoms with van der Waals surface area (Å²) in [6.45, 7) is 4.48. The monoisotopic (exact) mass is 336 g/mol. The van der Waals surface area contributed by atoms with Crippen molar-refractivity contribution in [2.75, 3.05) is 19.6 Å². The summed E-state index contributed by atoms with van der Waals surface area (Å²) >= 11 is 6.11. The summed E-state index contributed by atoms with van der Waals surface area (Å²) in [6, 6.07) is 7.89. The minimum atomic E-state index is 0.0679. The van der Waals surface area contributed by atoms with Crippen molar-refractivity contribution in [3.05, 3.63) is 34.9 Å². The van der Waals surface area contributed by atoms with Crippen LogP contribution in [0, 0.1) is 0 Å². The Morgan fingerprint density at radius 3 is 3.04 bits per heavy atom. The van der Waals surface area contributed by atoms with E-state index in [1.807, 2.05) is 29.2 Å². The number of ether oxygens (including phenoxy) is 1. The SMILES string of the molecule is CC1CCC(CCC(=O)N2CCNCC2c2cccc(Cl)c2)O1. The highest BCUT2D eigenvalue weighted by Crippen LogP contribution is 2.27.